The summed E-state index contributed by atoms with van der Waals surface area (Å²) in [6.45, 7) is 5.99. The maximum atomic E-state index is 14.1. The Morgan fingerprint density at radius 1 is 0.892 bits per heavy atom. The van der Waals surface area contributed by atoms with Crippen molar-refractivity contribution >= 4 is 39.2 Å². The fourth-order valence-electron chi connectivity index (χ4n) is 4.84. The van der Waals surface area contributed by atoms with E-state index in [0.29, 0.717) is 45.0 Å². The van der Waals surface area contributed by atoms with E-state index in [4.69, 9.17) is 0 Å². The molecule has 37 heavy (non-hydrogen) atoms. The maximum Gasteiger partial charge on any atom is 0.196 e. The number of hydrogen-bond acceptors (Lipinski definition) is 5. The van der Waals surface area contributed by atoms with Crippen molar-refractivity contribution in [3.63, 3.8) is 0 Å². The topological polar surface area (TPSA) is 66.4 Å². The molecule has 3 aromatic carbocycles. The maximum absolute atomic E-state index is 14.1. The summed E-state index contributed by atoms with van der Waals surface area (Å²) >= 11 is 1.35. The van der Waals surface area contributed by atoms with E-state index in [2.05, 4.69) is 5.32 Å². The second kappa shape index (κ2) is 9.83. The van der Waals surface area contributed by atoms with E-state index in [-0.39, 0.29) is 22.7 Å². The van der Waals surface area contributed by atoms with Gasteiger partial charge in [-0.05, 0) is 30.0 Å². The van der Waals surface area contributed by atoms with E-state index in [9.17, 15) is 14.7 Å². The van der Waals surface area contributed by atoms with Gasteiger partial charge in [-0.15, -0.1) is 11.3 Å². The highest BCUT2D eigenvalue weighted by atomic mass is 32.1. The number of aryl methyl sites for hydroxylation is 1. The van der Waals surface area contributed by atoms with Gasteiger partial charge in [-0.3, -0.25) is 9.59 Å². The molecule has 1 aliphatic carbocycles. The Morgan fingerprint density at radius 3 is 2.14 bits per heavy atom. The summed E-state index contributed by atoms with van der Waals surface area (Å²) in [6, 6.07) is 26.8. The Kier molecular flexibility index (Phi) is 6.57. The van der Waals surface area contributed by atoms with Crippen LogP contribution in [0.1, 0.15) is 53.1 Å². The van der Waals surface area contributed by atoms with E-state index in [1.807, 2.05) is 93.6 Å². The molecule has 0 amide bonds. The number of thiophene rings is 1. The molecule has 0 spiro atoms. The highest BCUT2D eigenvalue weighted by Gasteiger charge is 2.37. The molecule has 0 unspecified atom stereocenters. The van der Waals surface area contributed by atoms with Crippen molar-refractivity contribution in [3.8, 4) is 11.1 Å². The van der Waals surface area contributed by atoms with Gasteiger partial charge in [0.05, 0.1) is 16.0 Å². The minimum absolute atomic E-state index is 0.0836. The molecule has 4 nitrogen and oxygen atoms in total. The third kappa shape index (κ3) is 5.00. The van der Waals surface area contributed by atoms with Crippen LogP contribution in [0, 0.1) is 12.3 Å². The molecule has 2 N–H and O–H groups in total. The van der Waals surface area contributed by atoms with Crippen LogP contribution in [-0.2, 0) is 4.79 Å². The van der Waals surface area contributed by atoms with Crippen molar-refractivity contribution in [2.24, 2.45) is 5.41 Å². The van der Waals surface area contributed by atoms with Crippen molar-refractivity contribution < 1.29 is 14.7 Å². The van der Waals surface area contributed by atoms with Crippen LogP contribution in [0.15, 0.2) is 90.7 Å². The number of Topliss-reactive ketones (excluding diaryl/α,β-unsaturated/α-hetero) is 1. The Hall–Kier alpha value is -3.96. The Morgan fingerprint density at radius 2 is 1.51 bits per heavy atom. The molecular formula is C32H29NO3S. The van der Waals surface area contributed by atoms with Crippen molar-refractivity contribution in [2.75, 3.05) is 5.32 Å². The lowest BCUT2D eigenvalue weighted by molar-refractivity contribution is -0.116. The SMILES string of the molecule is Cc1ccc(Nc2sc(C3=C(O)CC(C)(C)CC3=O)c(-c3ccccc3)c2C(=O)c2ccccc2)cc1. The molecule has 0 bridgehead atoms. The Labute approximate surface area is 221 Å². The van der Waals surface area contributed by atoms with Gasteiger partial charge in [-0.1, -0.05) is 92.2 Å². The molecule has 4 aromatic rings. The van der Waals surface area contributed by atoms with Gasteiger partial charge < -0.3 is 10.4 Å². The van der Waals surface area contributed by atoms with Crippen LogP contribution in [0.3, 0.4) is 0 Å². The lowest BCUT2D eigenvalue weighted by atomic mass is 9.75. The van der Waals surface area contributed by atoms with E-state index in [0.717, 1.165) is 16.8 Å². The lowest BCUT2D eigenvalue weighted by Gasteiger charge is -2.29. The zero-order chi connectivity index (χ0) is 26.2. The molecule has 186 valence electrons. The molecular weight excluding hydrogens is 478 g/mol. The molecule has 5 heteroatoms. The van der Waals surface area contributed by atoms with Crippen molar-refractivity contribution in [2.45, 2.75) is 33.6 Å². The number of allylic oxidation sites excluding steroid dienone is 2. The van der Waals surface area contributed by atoms with Gasteiger partial charge in [0.2, 0.25) is 0 Å². The van der Waals surface area contributed by atoms with Crippen LogP contribution in [-0.4, -0.2) is 16.7 Å². The number of hydrogen-bond donors (Lipinski definition) is 2. The van der Waals surface area contributed by atoms with E-state index < -0.39 is 0 Å². The smallest absolute Gasteiger partial charge is 0.196 e. The van der Waals surface area contributed by atoms with Crippen LogP contribution >= 0.6 is 11.3 Å². The van der Waals surface area contributed by atoms with Crippen LogP contribution < -0.4 is 5.32 Å². The standard InChI is InChI=1S/C32H29NO3S/c1-20-14-16-23(17-15-20)33-31-28(29(36)22-12-8-5-9-13-22)26(21-10-6-4-7-11-21)30(37-31)27-24(34)18-32(2,3)19-25(27)35/h4-17,33-34H,18-19H2,1-3H3. The van der Waals surface area contributed by atoms with Gasteiger partial charge in [0.15, 0.2) is 11.6 Å². The van der Waals surface area contributed by atoms with E-state index >= 15 is 0 Å². The third-order valence-corrected chi connectivity index (χ3v) is 7.75. The fourth-order valence-corrected chi connectivity index (χ4v) is 6.17. The average Bonchev–Trinajstić information content (AvgIpc) is 3.23. The van der Waals surface area contributed by atoms with Gasteiger partial charge in [0.25, 0.3) is 0 Å². The minimum atomic E-state index is -0.319. The predicted molar refractivity (Wildman–Crippen MR) is 152 cm³/mol. The summed E-state index contributed by atoms with van der Waals surface area (Å²) < 4.78 is 0. The monoisotopic (exact) mass is 507 g/mol. The molecule has 0 saturated carbocycles. The van der Waals surface area contributed by atoms with Crippen LogP contribution in [0.25, 0.3) is 16.7 Å². The normalized spacial score (nSPS) is 15.1. The Bertz CT molecular complexity index is 1500. The molecule has 1 aromatic heterocycles. The minimum Gasteiger partial charge on any atom is -0.511 e. The van der Waals surface area contributed by atoms with Gasteiger partial charge in [0, 0.05) is 29.7 Å². The third-order valence-electron chi connectivity index (χ3n) is 6.62. The molecule has 0 atom stereocenters. The van der Waals surface area contributed by atoms with Crippen molar-refractivity contribution in [1.29, 1.82) is 0 Å². The number of carbonyl (C=O) groups is 2. The number of aliphatic hydroxyl groups excluding tert-OH is 1. The predicted octanol–water partition coefficient (Wildman–Crippen LogP) is 8.36. The first-order valence-corrected chi connectivity index (χ1v) is 13.2. The van der Waals surface area contributed by atoms with E-state index in [1.165, 1.54) is 11.3 Å². The summed E-state index contributed by atoms with van der Waals surface area (Å²) in [5.41, 5.74) is 4.53. The molecule has 0 aliphatic heterocycles. The van der Waals surface area contributed by atoms with Crippen LogP contribution in [0.5, 0.6) is 0 Å². The number of ketones is 2. The summed E-state index contributed by atoms with van der Waals surface area (Å²) in [7, 11) is 0. The average molecular weight is 508 g/mol. The molecule has 0 radical (unpaired) electrons. The first kappa shape index (κ1) is 24.7. The van der Waals surface area contributed by atoms with Gasteiger partial charge in [-0.25, -0.2) is 0 Å². The number of carbonyl (C=O) groups excluding carboxylic acids is 2. The van der Waals surface area contributed by atoms with E-state index in [1.54, 1.807) is 12.1 Å². The fraction of sp³-hybridized carbons (Fsp3) is 0.188. The van der Waals surface area contributed by atoms with Crippen LogP contribution in [0.2, 0.25) is 0 Å². The largest absolute Gasteiger partial charge is 0.511 e. The first-order chi connectivity index (χ1) is 17.7. The zero-order valence-corrected chi connectivity index (χ0v) is 22.0. The number of aliphatic hydroxyl groups is 1. The second-order valence-electron chi connectivity index (χ2n) is 10.3. The van der Waals surface area contributed by atoms with Gasteiger partial charge in [0.1, 0.15) is 10.8 Å². The number of nitrogens with one attached hydrogen (secondary N) is 1. The zero-order valence-electron chi connectivity index (χ0n) is 21.2. The number of anilines is 2. The lowest BCUT2D eigenvalue weighted by Crippen LogP contribution is -2.25. The molecule has 0 fully saturated rings. The van der Waals surface area contributed by atoms with Crippen LogP contribution in [0.4, 0.5) is 10.7 Å². The molecule has 5 rings (SSSR count). The Balaban J connectivity index is 1.79. The van der Waals surface area contributed by atoms with Crippen molar-refractivity contribution in [3.05, 3.63) is 112 Å². The summed E-state index contributed by atoms with van der Waals surface area (Å²) in [4.78, 5) is 28.1. The molecule has 1 aliphatic rings. The second-order valence-corrected chi connectivity index (χ2v) is 11.3. The summed E-state index contributed by atoms with van der Waals surface area (Å²) in [5.74, 6) is -0.159. The summed E-state index contributed by atoms with van der Waals surface area (Å²) in [6.07, 6.45) is 0.740. The highest BCUT2D eigenvalue weighted by Crippen LogP contribution is 2.49. The number of rotatable bonds is 6. The van der Waals surface area contributed by atoms with Gasteiger partial charge >= 0.3 is 0 Å². The summed E-state index contributed by atoms with van der Waals surface area (Å²) in [5, 5.41) is 15.2. The quantitative estimate of drug-likeness (QED) is 0.257. The number of benzene rings is 3. The van der Waals surface area contributed by atoms with Gasteiger partial charge in [-0.2, -0.15) is 0 Å². The van der Waals surface area contributed by atoms with Crippen molar-refractivity contribution in [1.82, 2.24) is 0 Å². The highest BCUT2D eigenvalue weighted by molar-refractivity contribution is 7.18. The first-order valence-electron chi connectivity index (χ1n) is 12.3. The molecule has 1 heterocycles. The molecule has 0 saturated heterocycles.